The third kappa shape index (κ3) is 8.38. The summed E-state index contributed by atoms with van der Waals surface area (Å²) in [6.07, 6.45) is -1.77. The van der Waals surface area contributed by atoms with Gasteiger partial charge in [-0.25, -0.2) is 4.79 Å². The fourth-order valence-electron chi connectivity index (χ4n) is 1.26. The Labute approximate surface area is 134 Å². The summed E-state index contributed by atoms with van der Waals surface area (Å²) in [5, 5.41) is 12.2. The molecule has 0 fully saturated rings. The third-order valence-corrected chi connectivity index (χ3v) is 7.81. The van der Waals surface area contributed by atoms with E-state index in [0.29, 0.717) is 0 Å². The van der Waals surface area contributed by atoms with Gasteiger partial charge in [0.15, 0.2) is 0 Å². The van der Waals surface area contributed by atoms with Crippen LogP contribution in [0.3, 0.4) is 0 Å². The van der Waals surface area contributed by atoms with Gasteiger partial charge in [-0.3, -0.25) is 4.79 Å². The zero-order valence-corrected chi connectivity index (χ0v) is 16.1. The first-order chi connectivity index (χ1) is 9.64. The lowest BCUT2D eigenvalue weighted by atomic mass is 10.2. The van der Waals surface area contributed by atoms with Crippen molar-refractivity contribution < 1.29 is 23.9 Å². The van der Waals surface area contributed by atoms with Gasteiger partial charge in [-0.1, -0.05) is 20.8 Å². The molecule has 0 radical (unpaired) electrons. The number of rotatable bonds is 5. The molecule has 130 valence electrons. The summed E-state index contributed by atoms with van der Waals surface area (Å²) in [6.45, 7) is 15.2. The Morgan fingerprint density at radius 1 is 1.14 bits per heavy atom. The van der Waals surface area contributed by atoms with Gasteiger partial charge in [0.1, 0.15) is 5.60 Å². The summed E-state index contributed by atoms with van der Waals surface area (Å²) >= 11 is 0. The first-order valence-corrected chi connectivity index (χ1v) is 10.4. The second kappa shape index (κ2) is 7.46. The molecule has 1 unspecified atom stereocenters. The number of carbonyl (C=O) groups excluding carboxylic acids is 2. The van der Waals surface area contributed by atoms with Crippen LogP contribution < -0.4 is 5.32 Å². The zero-order chi connectivity index (χ0) is 17.8. The van der Waals surface area contributed by atoms with Crippen molar-refractivity contribution >= 4 is 20.4 Å². The second-order valence-electron chi connectivity index (χ2n) is 7.98. The van der Waals surface area contributed by atoms with Crippen LogP contribution in [0.15, 0.2) is 0 Å². The molecule has 0 spiro atoms. The first-order valence-electron chi connectivity index (χ1n) is 7.51. The molecular formula is C15H31NO5Si. The van der Waals surface area contributed by atoms with Crippen molar-refractivity contribution in [3.05, 3.63) is 0 Å². The van der Waals surface area contributed by atoms with E-state index in [-0.39, 0.29) is 18.0 Å². The molecule has 0 aromatic rings. The van der Waals surface area contributed by atoms with Crippen molar-refractivity contribution in [3.63, 3.8) is 0 Å². The molecule has 6 nitrogen and oxygen atoms in total. The number of amides is 1. The van der Waals surface area contributed by atoms with E-state index in [0.717, 1.165) is 0 Å². The number of hydrogen-bond acceptors (Lipinski definition) is 5. The van der Waals surface area contributed by atoms with Crippen LogP contribution in [0.1, 0.15) is 48.0 Å². The number of aliphatic hydroxyl groups excluding tert-OH is 1. The SMILES string of the molecule is CC(C)(C)OC(=O)NCC(O)CC(=O)O[Si](C)(C)C(C)(C)C. The molecule has 1 amide bonds. The number of aliphatic hydroxyl groups is 1. The Balaban J connectivity index is 4.25. The van der Waals surface area contributed by atoms with E-state index in [2.05, 4.69) is 5.32 Å². The lowest BCUT2D eigenvalue weighted by Crippen LogP contribution is -2.44. The highest BCUT2D eigenvalue weighted by Crippen LogP contribution is 2.36. The van der Waals surface area contributed by atoms with Gasteiger partial charge >= 0.3 is 6.09 Å². The van der Waals surface area contributed by atoms with Crippen molar-refractivity contribution in [1.82, 2.24) is 5.32 Å². The van der Waals surface area contributed by atoms with E-state index in [1.165, 1.54) is 0 Å². The normalized spacial score (nSPS) is 14.2. The van der Waals surface area contributed by atoms with Crippen molar-refractivity contribution in [2.24, 2.45) is 0 Å². The predicted octanol–water partition coefficient (Wildman–Crippen LogP) is 2.81. The number of hydrogen-bond donors (Lipinski definition) is 2. The molecule has 0 rings (SSSR count). The highest BCUT2D eigenvalue weighted by atomic mass is 28.4. The summed E-state index contributed by atoms with van der Waals surface area (Å²) in [4.78, 5) is 23.4. The molecule has 1 atom stereocenters. The fraction of sp³-hybridized carbons (Fsp3) is 0.867. The average molecular weight is 334 g/mol. The number of nitrogens with one attached hydrogen (secondary N) is 1. The maximum absolute atomic E-state index is 11.9. The van der Waals surface area contributed by atoms with Crippen molar-refractivity contribution in [2.45, 2.75) is 77.8 Å². The van der Waals surface area contributed by atoms with Gasteiger partial charge in [0.25, 0.3) is 14.3 Å². The summed E-state index contributed by atoms with van der Waals surface area (Å²) in [7, 11) is -2.18. The molecule has 0 saturated carbocycles. The molecule has 7 heteroatoms. The highest BCUT2D eigenvalue weighted by molar-refractivity contribution is 6.75. The standard InChI is InChI=1S/C15H31NO5Si/c1-14(2,3)20-13(19)16-10-11(17)9-12(18)21-22(7,8)15(4,5)6/h11,17H,9-10H2,1-8H3,(H,16,19). The largest absolute Gasteiger partial charge is 0.519 e. The smallest absolute Gasteiger partial charge is 0.407 e. The molecule has 0 heterocycles. The van der Waals surface area contributed by atoms with Crippen LogP contribution in [0.2, 0.25) is 18.1 Å². The molecule has 0 aromatic heterocycles. The minimum Gasteiger partial charge on any atom is -0.519 e. The van der Waals surface area contributed by atoms with Crippen LogP contribution in [0.4, 0.5) is 4.79 Å². The van der Waals surface area contributed by atoms with Gasteiger partial charge < -0.3 is 19.6 Å². The first kappa shape index (κ1) is 20.9. The van der Waals surface area contributed by atoms with Crippen LogP contribution in [0, 0.1) is 0 Å². The maximum Gasteiger partial charge on any atom is 0.407 e. The molecule has 0 saturated heterocycles. The van der Waals surface area contributed by atoms with Gasteiger partial charge in [-0.2, -0.15) is 0 Å². The van der Waals surface area contributed by atoms with Crippen LogP contribution in [0.5, 0.6) is 0 Å². The molecule has 2 N–H and O–H groups in total. The summed E-state index contributed by atoms with van der Waals surface area (Å²) in [6, 6.07) is 0. The van der Waals surface area contributed by atoms with Crippen LogP contribution in [-0.2, 0) is 14.0 Å². The molecule has 22 heavy (non-hydrogen) atoms. The van der Waals surface area contributed by atoms with Gasteiger partial charge in [-0.15, -0.1) is 0 Å². The molecule has 0 aliphatic rings. The minimum atomic E-state index is -2.18. The Bertz CT molecular complexity index is 396. The zero-order valence-electron chi connectivity index (χ0n) is 15.1. The number of alkyl carbamates (subject to hydrolysis) is 1. The van der Waals surface area contributed by atoms with Crippen LogP contribution >= 0.6 is 0 Å². The van der Waals surface area contributed by atoms with E-state index in [1.54, 1.807) is 20.8 Å². The van der Waals surface area contributed by atoms with E-state index < -0.39 is 32.1 Å². The monoisotopic (exact) mass is 333 g/mol. The van der Waals surface area contributed by atoms with E-state index in [1.807, 2.05) is 33.9 Å². The number of ether oxygens (including phenoxy) is 1. The van der Waals surface area contributed by atoms with Gasteiger partial charge in [0, 0.05) is 6.54 Å². The Morgan fingerprint density at radius 3 is 2.05 bits per heavy atom. The van der Waals surface area contributed by atoms with Crippen molar-refractivity contribution in [2.75, 3.05) is 6.54 Å². The summed E-state index contributed by atoms with van der Waals surface area (Å²) in [5.74, 6) is -0.440. The predicted molar refractivity (Wildman–Crippen MR) is 88.1 cm³/mol. The molecule has 0 aliphatic carbocycles. The van der Waals surface area contributed by atoms with Crippen molar-refractivity contribution in [1.29, 1.82) is 0 Å². The van der Waals surface area contributed by atoms with Gasteiger partial charge in [0.05, 0.1) is 12.5 Å². The Hall–Kier alpha value is -1.08. The molecular weight excluding hydrogens is 302 g/mol. The quantitative estimate of drug-likeness (QED) is 0.756. The lowest BCUT2D eigenvalue weighted by molar-refractivity contribution is -0.137. The van der Waals surface area contributed by atoms with E-state index >= 15 is 0 Å². The molecule has 0 aliphatic heterocycles. The minimum absolute atomic E-state index is 0.0541. The lowest BCUT2D eigenvalue weighted by Gasteiger charge is -2.35. The van der Waals surface area contributed by atoms with Gasteiger partial charge in [-0.05, 0) is 38.9 Å². The van der Waals surface area contributed by atoms with Crippen LogP contribution in [0.25, 0.3) is 0 Å². The van der Waals surface area contributed by atoms with E-state index in [4.69, 9.17) is 9.16 Å². The molecule has 0 aromatic carbocycles. The Morgan fingerprint density at radius 2 is 1.64 bits per heavy atom. The van der Waals surface area contributed by atoms with Crippen molar-refractivity contribution in [3.8, 4) is 0 Å². The fourth-order valence-corrected chi connectivity index (χ4v) is 2.22. The summed E-state index contributed by atoms with van der Waals surface area (Å²) in [5.41, 5.74) is -0.601. The van der Waals surface area contributed by atoms with Crippen LogP contribution in [-0.4, -0.2) is 43.7 Å². The number of carbonyl (C=O) groups is 2. The average Bonchev–Trinajstić information content (AvgIpc) is 2.21. The molecule has 0 bridgehead atoms. The summed E-state index contributed by atoms with van der Waals surface area (Å²) < 4.78 is 10.6. The second-order valence-corrected chi connectivity index (χ2v) is 12.7. The van der Waals surface area contributed by atoms with Gasteiger partial charge in [0.2, 0.25) is 0 Å². The highest BCUT2D eigenvalue weighted by Gasteiger charge is 2.40. The Kier molecular flexibility index (Phi) is 7.09. The topological polar surface area (TPSA) is 84.9 Å². The maximum atomic E-state index is 11.9. The third-order valence-electron chi connectivity index (χ3n) is 3.46. The van der Waals surface area contributed by atoms with E-state index in [9.17, 15) is 14.7 Å².